The summed E-state index contributed by atoms with van der Waals surface area (Å²) < 4.78 is 38.4. The van der Waals surface area contributed by atoms with Crippen molar-refractivity contribution in [1.82, 2.24) is 9.29 Å². The average Bonchev–Trinajstić information content (AvgIpc) is 3.24. The summed E-state index contributed by atoms with van der Waals surface area (Å²) in [7, 11) is -3.60. The molecule has 0 saturated carbocycles. The van der Waals surface area contributed by atoms with E-state index in [0.717, 1.165) is 27.7 Å². The first-order valence-corrected chi connectivity index (χ1v) is 9.96. The Morgan fingerprint density at radius 1 is 1.08 bits per heavy atom. The topological polar surface area (TPSA) is 71.6 Å². The molecule has 3 heterocycles. The largest absolute Gasteiger partial charge is 0.454 e. The molecule has 3 aromatic rings. The highest BCUT2D eigenvalue weighted by molar-refractivity contribution is 7.89. The average molecular weight is 370 g/mol. The van der Waals surface area contributed by atoms with E-state index in [4.69, 9.17) is 9.47 Å². The van der Waals surface area contributed by atoms with Crippen LogP contribution >= 0.6 is 0 Å². The van der Waals surface area contributed by atoms with Crippen LogP contribution < -0.4 is 9.47 Å². The highest BCUT2D eigenvalue weighted by atomic mass is 32.2. The lowest BCUT2D eigenvalue weighted by Gasteiger charge is -2.26. The zero-order valence-corrected chi connectivity index (χ0v) is 15.1. The van der Waals surface area contributed by atoms with E-state index in [1.165, 1.54) is 0 Å². The molecule has 0 atom stereocenters. The molecule has 0 saturated heterocycles. The van der Waals surface area contributed by atoms with Gasteiger partial charge in [0, 0.05) is 42.2 Å². The highest BCUT2D eigenvalue weighted by Crippen LogP contribution is 2.36. The fourth-order valence-corrected chi connectivity index (χ4v) is 5.12. The van der Waals surface area contributed by atoms with Crippen LogP contribution in [-0.2, 0) is 23.0 Å². The molecule has 0 amide bonds. The number of aromatic nitrogens is 1. The van der Waals surface area contributed by atoms with Gasteiger partial charge in [-0.05, 0) is 36.8 Å². The molecular formula is C19H18N2O4S. The summed E-state index contributed by atoms with van der Waals surface area (Å²) in [5.41, 5.74) is 4.42. The van der Waals surface area contributed by atoms with E-state index in [2.05, 4.69) is 23.2 Å². The standard InChI is InChI=1S/C19H18N2O4S/c1-12-2-4-16-14(8-12)15-10-21(7-6-17(15)20-16)26(22,23)13-3-5-18-19(9-13)25-11-24-18/h2-5,8-9,20H,6-7,10-11H2,1H3. The Kier molecular flexibility index (Phi) is 3.32. The van der Waals surface area contributed by atoms with Crippen LogP contribution in [0.1, 0.15) is 16.8 Å². The van der Waals surface area contributed by atoms with E-state index in [1.54, 1.807) is 22.5 Å². The minimum atomic E-state index is -3.60. The van der Waals surface area contributed by atoms with Crippen LogP contribution in [0.15, 0.2) is 41.3 Å². The van der Waals surface area contributed by atoms with Crippen molar-refractivity contribution in [3.05, 3.63) is 53.2 Å². The maximum Gasteiger partial charge on any atom is 0.243 e. The number of ether oxygens (including phenoxy) is 2. The molecule has 0 radical (unpaired) electrons. The second-order valence-electron chi connectivity index (χ2n) is 6.73. The highest BCUT2D eigenvalue weighted by Gasteiger charge is 2.31. The molecule has 5 rings (SSSR count). The van der Waals surface area contributed by atoms with Crippen molar-refractivity contribution in [2.24, 2.45) is 0 Å². The van der Waals surface area contributed by atoms with Gasteiger partial charge in [0.05, 0.1) is 4.90 Å². The predicted molar refractivity (Wildman–Crippen MR) is 96.9 cm³/mol. The van der Waals surface area contributed by atoms with Crippen molar-refractivity contribution < 1.29 is 17.9 Å². The Morgan fingerprint density at radius 3 is 2.81 bits per heavy atom. The third kappa shape index (κ3) is 2.31. The SMILES string of the molecule is Cc1ccc2[nH]c3c(c2c1)CN(S(=O)(=O)c1ccc2c(c1)OCO2)CC3. The lowest BCUT2D eigenvalue weighted by molar-refractivity contribution is 0.174. The first kappa shape index (κ1) is 15.7. The molecule has 0 unspecified atom stereocenters. The number of H-pyrrole nitrogens is 1. The summed E-state index contributed by atoms with van der Waals surface area (Å²) in [5, 5.41) is 1.10. The number of sulfonamides is 1. The van der Waals surface area contributed by atoms with Crippen LogP contribution in [0.3, 0.4) is 0 Å². The first-order chi connectivity index (χ1) is 12.5. The summed E-state index contributed by atoms with van der Waals surface area (Å²) in [6, 6.07) is 11.0. The summed E-state index contributed by atoms with van der Waals surface area (Å²) in [5.74, 6) is 1.06. The molecule has 0 aliphatic carbocycles. The Morgan fingerprint density at radius 2 is 1.92 bits per heavy atom. The quantitative estimate of drug-likeness (QED) is 0.753. The summed E-state index contributed by atoms with van der Waals surface area (Å²) in [6.45, 7) is 2.99. The van der Waals surface area contributed by atoms with Crippen molar-refractivity contribution in [2.45, 2.75) is 24.8 Å². The van der Waals surface area contributed by atoms with Gasteiger partial charge in [-0.2, -0.15) is 4.31 Å². The molecule has 2 aliphatic rings. The maximum absolute atomic E-state index is 13.1. The van der Waals surface area contributed by atoms with Gasteiger partial charge in [-0.1, -0.05) is 11.6 Å². The van der Waals surface area contributed by atoms with Gasteiger partial charge >= 0.3 is 0 Å². The summed E-state index contributed by atoms with van der Waals surface area (Å²) in [4.78, 5) is 3.67. The molecule has 2 aromatic carbocycles. The smallest absolute Gasteiger partial charge is 0.243 e. The summed E-state index contributed by atoms with van der Waals surface area (Å²) >= 11 is 0. The zero-order chi connectivity index (χ0) is 17.9. The summed E-state index contributed by atoms with van der Waals surface area (Å²) in [6.07, 6.45) is 0.673. The Labute approximate surface area is 151 Å². The second kappa shape index (κ2) is 5.49. The van der Waals surface area contributed by atoms with Crippen molar-refractivity contribution in [3.8, 4) is 11.5 Å². The number of aromatic amines is 1. The minimum Gasteiger partial charge on any atom is -0.454 e. The monoisotopic (exact) mass is 370 g/mol. The number of fused-ring (bicyclic) bond motifs is 4. The van der Waals surface area contributed by atoms with Crippen LogP contribution in [0, 0.1) is 6.92 Å². The number of rotatable bonds is 2. The lowest BCUT2D eigenvalue weighted by atomic mass is 10.0. The van der Waals surface area contributed by atoms with Gasteiger partial charge in [0.25, 0.3) is 0 Å². The van der Waals surface area contributed by atoms with Crippen molar-refractivity contribution in [2.75, 3.05) is 13.3 Å². The fourth-order valence-electron chi connectivity index (χ4n) is 3.69. The molecule has 7 heteroatoms. The molecule has 0 fully saturated rings. The molecule has 134 valence electrons. The molecule has 0 spiro atoms. The molecule has 26 heavy (non-hydrogen) atoms. The third-order valence-corrected chi connectivity index (χ3v) is 6.92. The zero-order valence-electron chi connectivity index (χ0n) is 14.3. The van der Waals surface area contributed by atoms with E-state index >= 15 is 0 Å². The van der Waals surface area contributed by atoms with Crippen molar-refractivity contribution >= 4 is 20.9 Å². The van der Waals surface area contributed by atoms with E-state index in [9.17, 15) is 8.42 Å². The number of nitrogens with one attached hydrogen (secondary N) is 1. The molecule has 1 N–H and O–H groups in total. The van der Waals surface area contributed by atoms with Gasteiger partial charge < -0.3 is 14.5 Å². The Balaban J connectivity index is 1.53. The van der Waals surface area contributed by atoms with Gasteiger partial charge in [-0.25, -0.2) is 8.42 Å². The van der Waals surface area contributed by atoms with Crippen LogP contribution in [-0.4, -0.2) is 31.0 Å². The molecule has 1 aromatic heterocycles. The van der Waals surface area contributed by atoms with E-state index < -0.39 is 10.0 Å². The number of hydrogen-bond acceptors (Lipinski definition) is 4. The van der Waals surface area contributed by atoms with E-state index in [0.29, 0.717) is 31.0 Å². The first-order valence-electron chi connectivity index (χ1n) is 8.52. The molecule has 2 aliphatic heterocycles. The van der Waals surface area contributed by atoms with Crippen LogP contribution in [0.5, 0.6) is 11.5 Å². The van der Waals surface area contributed by atoms with Gasteiger partial charge in [-0.15, -0.1) is 0 Å². The number of aryl methyl sites for hydroxylation is 1. The molecule has 6 nitrogen and oxygen atoms in total. The van der Waals surface area contributed by atoms with Gasteiger partial charge in [0.1, 0.15) is 0 Å². The second-order valence-corrected chi connectivity index (χ2v) is 8.67. The minimum absolute atomic E-state index is 0.126. The molecular weight excluding hydrogens is 352 g/mol. The normalized spacial score (nSPS) is 16.8. The Bertz CT molecular complexity index is 1130. The number of benzene rings is 2. The molecule has 0 bridgehead atoms. The van der Waals surface area contributed by atoms with Crippen molar-refractivity contribution in [1.29, 1.82) is 0 Å². The maximum atomic E-state index is 13.1. The predicted octanol–water partition coefficient (Wildman–Crippen LogP) is 2.95. The van der Waals surface area contributed by atoms with Crippen LogP contribution in [0.4, 0.5) is 0 Å². The fraction of sp³-hybridized carbons (Fsp3) is 0.263. The van der Waals surface area contributed by atoms with Gasteiger partial charge in [-0.3, -0.25) is 0 Å². The van der Waals surface area contributed by atoms with Gasteiger partial charge in [0.2, 0.25) is 16.8 Å². The van der Waals surface area contributed by atoms with Gasteiger partial charge in [0.15, 0.2) is 11.5 Å². The van der Waals surface area contributed by atoms with Crippen LogP contribution in [0.25, 0.3) is 10.9 Å². The van der Waals surface area contributed by atoms with Crippen molar-refractivity contribution in [3.63, 3.8) is 0 Å². The third-order valence-electron chi connectivity index (χ3n) is 5.08. The van der Waals surface area contributed by atoms with E-state index in [-0.39, 0.29) is 11.7 Å². The van der Waals surface area contributed by atoms with E-state index in [1.807, 2.05) is 6.92 Å². The van der Waals surface area contributed by atoms with Crippen LogP contribution in [0.2, 0.25) is 0 Å². The lowest BCUT2D eigenvalue weighted by Crippen LogP contribution is -2.35. The number of nitrogens with zero attached hydrogens (tertiary/aromatic N) is 1. The number of hydrogen-bond donors (Lipinski definition) is 1. The Hall–Kier alpha value is -2.51.